The number of carbonyl (C=O) groups excluding carboxylic acids is 1. The van der Waals surface area contributed by atoms with Crippen LogP contribution in [0.2, 0.25) is 0 Å². The average Bonchev–Trinajstić information content (AvgIpc) is 2.16. The van der Waals surface area contributed by atoms with Crippen LogP contribution >= 0.6 is 0 Å². The van der Waals surface area contributed by atoms with Crippen molar-refractivity contribution in [1.29, 1.82) is 0 Å². The summed E-state index contributed by atoms with van der Waals surface area (Å²) in [6.45, 7) is 6.65. The van der Waals surface area contributed by atoms with Crippen LogP contribution in [-0.2, 0) is 9.63 Å². The standard InChI is InChI=1S/C11H23NO2/c1-6-11(2,3)9-7-8-10(13)12(4)14-5/h6-9H2,1-5H3. The summed E-state index contributed by atoms with van der Waals surface area (Å²) in [5.41, 5.74) is 0.353. The normalized spacial score (nSPS) is 11.5. The molecule has 0 bridgehead atoms. The topological polar surface area (TPSA) is 29.5 Å². The second-order valence-electron chi connectivity index (χ2n) is 4.45. The van der Waals surface area contributed by atoms with Crippen molar-refractivity contribution in [3.8, 4) is 0 Å². The quantitative estimate of drug-likeness (QED) is 0.618. The highest BCUT2D eigenvalue weighted by molar-refractivity contribution is 5.74. The molecule has 0 aliphatic carbocycles. The van der Waals surface area contributed by atoms with Crippen LogP contribution < -0.4 is 0 Å². The molecule has 3 heteroatoms. The van der Waals surface area contributed by atoms with Crippen molar-refractivity contribution in [3.05, 3.63) is 0 Å². The molecule has 0 rings (SSSR count). The van der Waals surface area contributed by atoms with Gasteiger partial charge in [0.25, 0.3) is 0 Å². The van der Waals surface area contributed by atoms with E-state index in [4.69, 9.17) is 4.84 Å². The van der Waals surface area contributed by atoms with Gasteiger partial charge in [0.2, 0.25) is 5.91 Å². The maximum Gasteiger partial charge on any atom is 0.245 e. The van der Waals surface area contributed by atoms with Gasteiger partial charge in [-0.3, -0.25) is 9.63 Å². The third-order valence-electron chi connectivity index (χ3n) is 2.83. The maximum absolute atomic E-state index is 11.3. The first-order valence-electron chi connectivity index (χ1n) is 5.23. The third kappa shape index (κ3) is 5.22. The van der Waals surface area contributed by atoms with Crippen molar-refractivity contribution in [2.24, 2.45) is 5.41 Å². The molecule has 0 fully saturated rings. The molecule has 0 aromatic heterocycles. The van der Waals surface area contributed by atoms with Gasteiger partial charge in [-0.2, -0.15) is 0 Å². The molecule has 3 nitrogen and oxygen atoms in total. The molecule has 1 amide bonds. The van der Waals surface area contributed by atoms with Crippen LogP contribution in [0.15, 0.2) is 0 Å². The second kappa shape index (κ2) is 6.02. The van der Waals surface area contributed by atoms with Crippen molar-refractivity contribution in [2.45, 2.75) is 46.5 Å². The summed E-state index contributed by atoms with van der Waals surface area (Å²) in [7, 11) is 3.15. The molecule has 0 saturated carbocycles. The number of nitrogens with zero attached hydrogens (tertiary/aromatic N) is 1. The van der Waals surface area contributed by atoms with Crippen LogP contribution in [0.3, 0.4) is 0 Å². The van der Waals surface area contributed by atoms with Gasteiger partial charge in [-0.15, -0.1) is 0 Å². The second-order valence-corrected chi connectivity index (χ2v) is 4.45. The lowest BCUT2D eigenvalue weighted by Crippen LogP contribution is -2.25. The number of hydrogen-bond acceptors (Lipinski definition) is 2. The van der Waals surface area contributed by atoms with E-state index in [0.29, 0.717) is 11.8 Å². The van der Waals surface area contributed by atoms with Crippen LogP contribution in [0.1, 0.15) is 46.5 Å². The number of carbonyl (C=O) groups is 1. The van der Waals surface area contributed by atoms with E-state index < -0.39 is 0 Å². The summed E-state index contributed by atoms with van der Waals surface area (Å²) in [6.07, 6.45) is 3.76. The molecular formula is C11H23NO2. The molecule has 0 unspecified atom stereocenters. The Kier molecular flexibility index (Phi) is 5.77. The van der Waals surface area contributed by atoms with E-state index >= 15 is 0 Å². The van der Waals surface area contributed by atoms with Crippen molar-refractivity contribution in [3.63, 3.8) is 0 Å². The lowest BCUT2D eigenvalue weighted by Gasteiger charge is -2.22. The molecule has 0 aliphatic rings. The Bertz CT molecular complexity index is 178. The van der Waals surface area contributed by atoms with Gasteiger partial charge in [-0.05, 0) is 18.3 Å². The van der Waals surface area contributed by atoms with Gasteiger partial charge in [-0.1, -0.05) is 27.2 Å². The highest BCUT2D eigenvalue weighted by atomic mass is 16.7. The zero-order valence-electron chi connectivity index (χ0n) is 10.1. The van der Waals surface area contributed by atoms with Gasteiger partial charge in [-0.25, -0.2) is 5.06 Å². The number of hydrogen-bond donors (Lipinski definition) is 0. The first-order valence-corrected chi connectivity index (χ1v) is 5.23. The molecule has 0 radical (unpaired) electrons. The highest BCUT2D eigenvalue weighted by Gasteiger charge is 2.16. The van der Waals surface area contributed by atoms with E-state index in [2.05, 4.69) is 20.8 Å². The molecular weight excluding hydrogens is 178 g/mol. The Hall–Kier alpha value is -0.570. The first kappa shape index (κ1) is 13.4. The maximum atomic E-state index is 11.3. The first-order chi connectivity index (χ1) is 6.43. The Morgan fingerprint density at radius 1 is 1.43 bits per heavy atom. The fourth-order valence-corrected chi connectivity index (χ4v) is 1.15. The largest absolute Gasteiger partial charge is 0.275 e. The van der Waals surface area contributed by atoms with Gasteiger partial charge in [0.05, 0.1) is 7.11 Å². The van der Waals surface area contributed by atoms with Gasteiger partial charge in [0.1, 0.15) is 0 Å². The number of hydroxylamine groups is 2. The Morgan fingerprint density at radius 3 is 2.43 bits per heavy atom. The molecule has 0 saturated heterocycles. The van der Waals surface area contributed by atoms with Crippen LogP contribution in [0.25, 0.3) is 0 Å². The van der Waals surface area contributed by atoms with Crippen LogP contribution in [-0.4, -0.2) is 25.1 Å². The molecule has 84 valence electrons. The molecule has 0 aliphatic heterocycles. The Labute approximate surface area is 87.4 Å². The van der Waals surface area contributed by atoms with Crippen molar-refractivity contribution in [2.75, 3.05) is 14.2 Å². The summed E-state index contributed by atoms with van der Waals surface area (Å²) in [5.74, 6) is 0.0550. The Morgan fingerprint density at radius 2 is 2.00 bits per heavy atom. The van der Waals surface area contributed by atoms with E-state index in [-0.39, 0.29) is 5.91 Å². The predicted molar refractivity (Wildman–Crippen MR) is 57.7 cm³/mol. The fraction of sp³-hybridized carbons (Fsp3) is 0.909. The summed E-state index contributed by atoms with van der Waals surface area (Å²) in [4.78, 5) is 16.2. The monoisotopic (exact) mass is 201 g/mol. The van der Waals surface area contributed by atoms with Crippen LogP contribution in [0, 0.1) is 5.41 Å². The smallest absolute Gasteiger partial charge is 0.245 e. The molecule has 0 spiro atoms. The summed E-state index contributed by atoms with van der Waals surface area (Å²) >= 11 is 0. The van der Waals surface area contributed by atoms with Crippen molar-refractivity contribution in [1.82, 2.24) is 5.06 Å². The predicted octanol–water partition coefficient (Wildman–Crippen LogP) is 2.61. The lowest BCUT2D eigenvalue weighted by molar-refractivity contribution is -0.168. The summed E-state index contributed by atoms with van der Waals surface area (Å²) in [6, 6.07) is 0. The molecule has 0 aromatic carbocycles. The van der Waals surface area contributed by atoms with Crippen molar-refractivity contribution >= 4 is 5.91 Å². The van der Waals surface area contributed by atoms with Crippen molar-refractivity contribution < 1.29 is 9.63 Å². The molecule has 0 atom stereocenters. The number of rotatable bonds is 6. The minimum Gasteiger partial charge on any atom is -0.275 e. The van der Waals surface area contributed by atoms with Crippen LogP contribution in [0.4, 0.5) is 0 Å². The van der Waals surface area contributed by atoms with Crippen LogP contribution in [0.5, 0.6) is 0 Å². The highest BCUT2D eigenvalue weighted by Crippen LogP contribution is 2.26. The summed E-state index contributed by atoms with van der Waals surface area (Å²) < 4.78 is 0. The lowest BCUT2D eigenvalue weighted by atomic mass is 9.85. The van der Waals surface area contributed by atoms with Gasteiger partial charge in [0, 0.05) is 13.5 Å². The minimum atomic E-state index is 0.0550. The molecule has 0 aromatic rings. The Balaban J connectivity index is 3.69. The van der Waals surface area contributed by atoms with E-state index in [0.717, 1.165) is 19.3 Å². The van der Waals surface area contributed by atoms with E-state index in [1.54, 1.807) is 7.05 Å². The third-order valence-corrected chi connectivity index (χ3v) is 2.83. The summed E-state index contributed by atoms with van der Waals surface area (Å²) in [5, 5.41) is 1.29. The van der Waals surface area contributed by atoms with Gasteiger partial charge >= 0.3 is 0 Å². The van der Waals surface area contributed by atoms with Gasteiger partial charge < -0.3 is 0 Å². The van der Waals surface area contributed by atoms with E-state index in [1.165, 1.54) is 12.2 Å². The zero-order chi connectivity index (χ0) is 11.2. The minimum absolute atomic E-state index is 0.0550. The SMILES string of the molecule is CCC(C)(C)CCCC(=O)N(C)OC. The van der Waals surface area contributed by atoms with E-state index in [1.807, 2.05) is 0 Å². The average molecular weight is 201 g/mol. The number of amides is 1. The van der Waals surface area contributed by atoms with Gasteiger partial charge in [0.15, 0.2) is 0 Å². The molecule has 0 heterocycles. The zero-order valence-corrected chi connectivity index (χ0v) is 10.1. The fourth-order valence-electron chi connectivity index (χ4n) is 1.15. The molecule has 0 N–H and O–H groups in total. The molecule has 14 heavy (non-hydrogen) atoms. The van der Waals surface area contributed by atoms with E-state index in [9.17, 15) is 4.79 Å².